The van der Waals surface area contributed by atoms with Crippen molar-refractivity contribution < 1.29 is 13.9 Å². The van der Waals surface area contributed by atoms with E-state index in [0.717, 1.165) is 11.5 Å². The molecule has 1 aromatic heterocycles. The molecule has 21 heavy (non-hydrogen) atoms. The second kappa shape index (κ2) is 6.41. The lowest BCUT2D eigenvalue weighted by atomic mass is 10.2. The van der Waals surface area contributed by atoms with Crippen LogP contribution in [-0.4, -0.2) is 17.6 Å². The maximum Gasteiger partial charge on any atom is 0.339 e. The number of esters is 1. The van der Waals surface area contributed by atoms with Crippen molar-refractivity contribution in [2.75, 3.05) is 12.3 Å². The molecule has 0 aliphatic heterocycles. The van der Waals surface area contributed by atoms with Crippen LogP contribution in [-0.2, 0) is 4.74 Å². The van der Waals surface area contributed by atoms with Gasteiger partial charge in [0.1, 0.15) is 5.76 Å². The summed E-state index contributed by atoms with van der Waals surface area (Å²) in [7, 11) is 0. The third-order valence-electron chi connectivity index (χ3n) is 2.76. The lowest BCUT2D eigenvalue weighted by Gasteiger charge is -2.10. The quantitative estimate of drug-likeness (QED) is 0.679. The van der Waals surface area contributed by atoms with Crippen molar-refractivity contribution in [1.29, 1.82) is 0 Å². The number of benzene rings is 1. The summed E-state index contributed by atoms with van der Waals surface area (Å²) in [6.45, 7) is 5.68. The van der Waals surface area contributed by atoms with E-state index in [1.165, 1.54) is 17.8 Å². The van der Waals surface area contributed by atoms with Crippen molar-refractivity contribution in [2.24, 2.45) is 0 Å². The second-order valence-electron chi connectivity index (χ2n) is 4.32. The number of hydrogen-bond acceptors (Lipinski definition) is 6. The number of nitrogen functional groups attached to an aromatic ring is 1. The third-order valence-corrected chi connectivity index (χ3v) is 4.16. The largest absolute Gasteiger partial charge is 0.462 e. The summed E-state index contributed by atoms with van der Waals surface area (Å²) in [5.74, 6) is 0.246. The van der Waals surface area contributed by atoms with Gasteiger partial charge in [0.25, 0.3) is 5.22 Å². The Balaban J connectivity index is 2.43. The molecular formula is C14H15ClN2O3S. The van der Waals surface area contributed by atoms with E-state index in [9.17, 15) is 4.79 Å². The van der Waals surface area contributed by atoms with E-state index in [-0.39, 0.29) is 6.61 Å². The molecule has 0 amide bonds. The van der Waals surface area contributed by atoms with E-state index in [4.69, 9.17) is 26.5 Å². The molecule has 7 heteroatoms. The lowest BCUT2D eigenvalue weighted by Crippen LogP contribution is -2.07. The van der Waals surface area contributed by atoms with Crippen molar-refractivity contribution in [3.8, 4) is 0 Å². The fourth-order valence-electron chi connectivity index (χ4n) is 1.65. The van der Waals surface area contributed by atoms with Crippen molar-refractivity contribution >= 4 is 35.0 Å². The van der Waals surface area contributed by atoms with E-state index < -0.39 is 5.97 Å². The van der Waals surface area contributed by atoms with E-state index >= 15 is 0 Å². The molecule has 0 saturated heterocycles. The van der Waals surface area contributed by atoms with Crippen LogP contribution in [0.15, 0.2) is 26.7 Å². The Kier molecular flexibility index (Phi) is 4.80. The molecule has 2 rings (SSSR count). The number of halogens is 1. The van der Waals surface area contributed by atoms with Gasteiger partial charge in [-0.25, -0.2) is 9.78 Å². The van der Waals surface area contributed by atoms with Gasteiger partial charge in [-0.1, -0.05) is 11.6 Å². The normalized spacial score (nSPS) is 10.7. The first kappa shape index (κ1) is 15.7. The van der Waals surface area contributed by atoms with Gasteiger partial charge in [0.05, 0.1) is 27.8 Å². The van der Waals surface area contributed by atoms with Crippen LogP contribution in [0.25, 0.3) is 0 Å². The van der Waals surface area contributed by atoms with Crippen LogP contribution in [0, 0.1) is 13.8 Å². The van der Waals surface area contributed by atoms with Gasteiger partial charge in [0.15, 0.2) is 0 Å². The highest BCUT2D eigenvalue weighted by Crippen LogP contribution is 2.38. The molecule has 5 nitrogen and oxygen atoms in total. The zero-order chi connectivity index (χ0) is 15.6. The van der Waals surface area contributed by atoms with Crippen LogP contribution in [0.4, 0.5) is 5.69 Å². The zero-order valence-corrected chi connectivity index (χ0v) is 13.5. The standard InChI is InChI=1S/C14H15ClN2O3S/c1-4-19-13(18)10-5-9(16)6-11(15)12(10)21-14-17-7(2)8(3)20-14/h5-6H,4,16H2,1-3H3. The molecule has 0 saturated carbocycles. The number of rotatable bonds is 4. The number of carbonyl (C=O) groups is 1. The first-order valence-corrected chi connectivity index (χ1v) is 7.49. The highest BCUT2D eigenvalue weighted by atomic mass is 35.5. The minimum atomic E-state index is -0.478. The van der Waals surface area contributed by atoms with Crippen LogP contribution in [0.3, 0.4) is 0 Å². The maximum absolute atomic E-state index is 12.0. The third kappa shape index (κ3) is 3.51. The number of anilines is 1. The van der Waals surface area contributed by atoms with Crippen LogP contribution in [0.1, 0.15) is 28.7 Å². The van der Waals surface area contributed by atoms with Gasteiger partial charge in [-0.3, -0.25) is 0 Å². The summed E-state index contributed by atoms with van der Waals surface area (Å²) in [6, 6.07) is 3.12. The van der Waals surface area contributed by atoms with Crippen molar-refractivity contribution in [2.45, 2.75) is 30.9 Å². The number of oxazole rings is 1. The Labute approximate surface area is 131 Å². The molecule has 0 unspecified atom stereocenters. The SMILES string of the molecule is CCOC(=O)c1cc(N)cc(Cl)c1Sc1nc(C)c(C)o1. The molecule has 0 aliphatic carbocycles. The van der Waals surface area contributed by atoms with Crippen LogP contribution >= 0.6 is 23.4 Å². The first-order chi connectivity index (χ1) is 9.92. The molecule has 0 spiro atoms. The highest BCUT2D eigenvalue weighted by molar-refractivity contribution is 7.99. The number of ether oxygens (including phenoxy) is 1. The summed E-state index contributed by atoms with van der Waals surface area (Å²) in [4.78, 5) is 16.8. The average molecular weight is 327 g/mol. The van der Waals surface area contributed by atoms with Crippen LogP contribution in [0.2, 0.25) is 5.02 Å². The topological polar surface area (TPSA) is 78.4 Å². The number of aryl methyl sites for hydroxylation is 2. The highest BCUT2D eigenvalue weighted by Gasteiger charge is 2.20. The molecule has 1 aromatic carbocycles. The van der Waals surface area contributed by atoms with Crippen LogP contribution < -0.4 is 5.73 Å². The number of nitrogens with zero attached hydrogens (tertiary/aromatic N) is 1. The Bertz CT molecular complexity index is 666. The maximum atomic E-state index is 12.0. The minimum absolute atomic E-state index is 0.270. The second-order valence-corrected chi connectivity index (χ2v) is 5.69. The van der Waals surface area contributed by atoms with Gasteiger partial charge in [-0.2, -0.15) is 0 Å². The lowest BCUT2D eigenvalue weighted by molar-refractivity contribution is 0.0522. The Hall–Kier alpha value is -1.66. The van der Waals surface area contributed by atoms with E-state index in [1.54, 1.807) is 13.0 Å². The van der Waals surface area contributed by atoms with Crippen molar-refractivity contribution in [1.82, 2.24) is 4.98 Å². The average Bonchev–Trinajstić information content (AvgIpc) is 2.71. The molecule has 0 aliphatic rings. The predicted octanol–water partition coefficient (Wildman–Crippen LogP) is 3.85. The van der Waals surface area contributed by atoms with E-state index in [1.807, 2.05) is 13.8 Å². The molecule has 2 N–H and O–H groups in total. The molecule has 112 valence electrons. The number of nitrogens with two attached hydrogens (primary N) is 1. The van der Waals surface area contributed by atoms with Crippen LogP contribution in [0.5, 0.6) is 0 Å². The molecule has 0 radical (unpaired) electrons. The molecule has 0 bridgehead atoms. The van der Waals surface area contributed by atoms with Gasteiger partial charge in [0, 0.05) is 5.69 Å². The van der Waals surface area contributed by atoms with Crippen molar-refractivity contribution in [3.05, 3.63) is 34.2 Å². The Morgan fingerprint density at radius 2 is 2.19 bits per heavy atom. The van der Waals surface area contributed by atoms with Gasteiger partial charge in [-0.15, -0.1) is 0 Å². The van der Waals surface area contributed by atoms with Gasteiger partial charge >= 0.3 is 5.97 Å². The summed E-state index contributed by atoms with van der Waals surface area (Å²) < 4.78 is 10.5. The number of aromatic nitrogens is 1. The fourth-order valence-corrected chi connectivity index (χ4v) is 2.93. The number of hydrogen-bond donors (Lipinski definition) is 1. The first-order valence-electron chi connectivity index (χ1n) is 6.30. The zero-order valence-electron chi connectivity index (χ0n) is 11.9. The molecule has 1 heterocycles. The van der Waals surface area contributed by atoms with Gasteiger partial charge in [0.2, 0.25) is 0 Å². The predicted molar refractivity (Wildman–Crippen MR) is 81.9 cm³/mol. The smallest absolute Gasteiger partial charge is 0.339 e. The molecular weight excluding hydrogens is 312 g/mol. The summed E-state index contributed by atoms with van der Waals surface area (Å²) in [5.41, 5.74) is 7.24. The Morgan fingerprint density at radius 3 is 2.76 bits per heavy atom. The van der Waals surface area contributed by atoms with Crippen molar-refractivity contribution in [3.63, 3.8) is 0 Å². The fraction of sp³-hybridized carbons (Fsp3) is 0.286. The molecule has 0 atom stereocenters. The molecule has 0 fully saturated rings. The summed E-state index contributed by atoms with van der Waals surface area (Å²) in [5, 5.41) is 0.777. The summed E-state index contributed by atoms with van der Waals surface area (Å²) in [6.07, 6.45) is 0. The summed E-state index contributed by atoms with van der Waals surface area (Å²) >= 11 is 7.37. The Morgan fingerprint density at radius 1 is 1.48 bits per heavy atom. The van der Waals surface area contributed by atoms with Gasteiger partial charge < -0.3 is 14.9 Å². The minimum Gasteiger partial charge on any atom is -0.462 e. The van der Waals surface area contributed by atoms with E-state index in [0.29, 0.717) is 26.4 Å². The molecule has 2 aromatic rings. The monoisotopic (exact) mass is 326 g/mol. The number of carbonyl (C=O) groups excluding carboxylic acids is 1. The van der Waals surface area contributed by atoms with Gasteiger partial charge in [-0.05, 0) is 44.7 Å². The van der Waals surface area contributed by atoms with E-state index in [2.05, 4.69) is 4.98 Å².